The molecule has 1 amide bonds. The first-order chi connectivity index (χ1) is 12.4. The van der Waals surface area contributed by atoms with E-state index in [4.69, 9.17) is 11.6 Å². The summed E-state index contributed by atoms with van der Waals surface area (Å²) in [6.45, 7) is 0. The molecule has 0 aliphatic carbocycles. The molecule has 0 aliphatic rings. The number of anilines is 1. The lowest BCUT2D eigenvalue weighted by Crippen LogP contribution is -2.23. The van der Waals surface area contributed by atoms with E-state index in [1.54, 1.807) is 24.3 Å². The second-order valence-electron chi connectivity index (χ2n) is 5.21. The van der Waals surface area contributed by atoms with Gasteiger partial charge >= 0.3 is 0 Å². The van der Waals surface area contributed by atoms with Gasteiger partial charge in [-0.05, 0) is 30.3 Å². The molecule has 3 aromatic rings. The quantitative estimate of drug-likeness (QED) is 0.507. The van der Waals surface area contributed by atoms with E-state index in [0.29, 0.717) is 16.1 Å². The molecule has 132 valence electrons. The Hall–Kier alpha value is -2.84. The Morgan fingerprint density at radius 1 is 1.23 bits per heavy atom. The first-order valence-corrected chi connectivity index (χ1v) is 8.73. The highest BCUT2D eigenvalue weighted by molar-refractivity contribution is 7.99. The van der Waals surface area contributed by atoms with Crippen LogP contribution in [0.25, 0.3) is 10.9 Å². The smallest absolute Gasteiger partial charge is 0.259 e. The van der Waals surface area contributed by atoms with Gasteiger partial charge in [-0.2, -0.15) is 0 Å². The van der Waals surface area contributed by atoms with Crippen LogP contribution < -0.4 is 16.0 Å². The monoisotopic (exact) mass is 388 g/mol. The maximum atomic E-state index is 12.1. The minimum absolute atomic E-state index is 0.0233. The molecule has 0 aliphatic heterocycles. The van der Waals surface area contributed by atoms with Gasteiger partial charge in [-0.25, -0.2) is 4.98 Å². The molecule has 0 unspecified atom stereocenters. The average molecular weight is 389 g/mol. The van der Waals surface area contributed by atoms with Crippen LogP contribution in [0.5, 0.6) is 0 Å². The van der Waals surface area contributed by atoms with Crippen LogP contribution in [0, 0.1) is 0 Å². The lowest BCUT2D eigenvalue weighted by molar-refractivity contribution is -0.255. The molecular formula is C17H11ClN3O4S-. The zero-order valence-electron chi connectivity index (χ0n) is 13.1. The first-order valence-electron chi connectivity index (χ1n) is 7.36. The number of hydrogen-bond donors (Lipinski definition) is 2. The van der Waals surface area contributed by atoms with E-state index in [0.717, 1.165) is 11.8 Å². The molecule has 1 aromatic heterocycles. The minimum Gasteiger partial charge on any atom is -0.545 e. The SMILES string of the molecule is O=C(CSc1nc2ccccc2c(=O)[nH]1)Nc1ccc(Cl)c(C(=O)[O-])c1. The average Bonchev–Trinajstić information content (AvgIpc) is 2.61. The van der Waals surface area contributed by atoms with Gasteiger partial charge < -0.3 is 20.2 Å². The topological polar surface area (TPSA) is 115 Å². The van der Waals surface area contributed by atoms with Gasteiger partial charge in [-0.3, -0.25) is 9.59 Å². The van der Waals surface area contributed by atoms with E-state index in [2.05, 4.69) is 15.3 Å². The highest BCUT2D eigenvalue weighted by atomic mass is 35.5. The van der Waals surface area contributed by atoms with Gasteiger partial charge in [-0.1, -0.05) is 35.5 Å². The number of benzene rings is 2. The molecule has 3 rings (SSSR count). The number of carboxylic acid groups (broad SMARTS) is 1. The number of fused-ring (bicyclic) bond motifs is 1. The van der Waals surface area contributed by atoms with Crippen LogP contribution in [0.1, 0.15) is 10.4 Å². The van der Waals surface area contributed by atoms with E-state index >= 15 is 0 Å². The fraction of sp³-hybridized carbons (Fsp3) is 0.0588. The molecule has 1 heterocycles. The molecule has 0 saturated carbocycles. The molecule has 7 nitrogen and oxygen atoms in total. The highest BCUT2D eigenvalue weighted by Gasteiger charge is 2.09. The number of carbonyl (C=O) groups excluding carboxylic acids is 2. The molecule has 2 N–H and O–H groups in total. The van der Waals surface area contributed by atoms with Crippen molar-refractivity contribution in [2.24, 2.45) is 0 Å². The standard InChI is InChI=1S/C17H12ClN3O4S/c18-12-6-5-9(7-11(12)16(24)25)19-14(22)8-26-17-20-13-4-2-1-3-10(13)15(23)21-17/h1-7H,8H2,(H,19,22)(H,24,25)(H,20,21,23)/p-1. The zero-order valence-corrected chi connectivity index (χ0v) is 14.7. The Morgan fingerprint density at radius 3 is 2.77 bits per heavy atom. The first kappa shape index (κ1) is 18.0. The van der Waals surface area contributed by atoms with Crippen molar-refractivity contribution in [1.29, 1.82) is 0 Å². The third-order valence-electron chi connectivity index (χ3n) is 3.40. The van der Waals surface area contributed by atoms with Crippen molar-refractivity contribution in [3.05, 3.63) is 63.4 Å². The van der Waals surface area contributed by atoms with Crippen LogP contribution in [0.15, 0.2) is 52.4 Å². The number of carbonyl (C=O) groups is 2. The number of aromatic nitrogens is 2. The van der Waals surface area contributed by atoms with E-state index in [1.165, 1.54) is 18.2 Å². The van der Waals surface area contributed by atoms with Crippen LogP contribution in [0.4, 0.5) is 5.69 Å². The lowest BCUT2D eigenvalue weighted by atomic mass is 10.2. The summed E-state index contributed by atoms with van der Waals surface area (Å²) in [5, 5.41) is 14.3. The summed E-state index contributed by atoms with van der Waals surface area (Å²) in [5.74, 6) is -1.85. The Morgan fingerprint density at radius 2 is 2.00 bits per heavy atom. The Bertz CT molecular complexity index is 1070. The summed E-state index contributed by atoms with van der Waals surface area (Å²) >= 11 is 6.81. The van der Waals surface area contributed by atoms with E-state index in [-0.39, 0.29) is 27.6 Å². The second-order valence-corrected chi connectivity index (χ2v) is 6.58. The number of halogens is 1. The summed E-state index contributed by atoms with van der Waals surface area (Å²) in [6.07, 6.45) is 0. The molecule has 9 heteroatoms. The zero-order chi connectivity index (χ0) is 18.7. The Labute approximate surface area is 156 Å². The maximum absolute atomic E-state index is 12.1. The van der Waals surface area contributed by atoms with Crippen molar-refractivity contribution in [3.8, 4) is 0 Å². The van der Waals surface area contributed by atoms with Gasteiger partial charge in [0.1, 0.15) is 0 Å². The molecule has 2 aromatic carbocycles. The Kier molecular flexibility index (Phi) is 5.24. The van der Waals surface area contributed by atoms with Gasteiger partial charge in [-0.15, -0.1) is 0 Å². The van der Waals surface area contributed by atoms with Gasteiger partial charge in [0.25, 0.3) is 5.56 Å². The molecule has 0 atom stereocenters. The van der Waals surface area contributed by atoms with Crippen LogP contribution >= 0.6 is 23.4 Å². The minimum atomic E-state index is -1.43. The number of thioether (sulfide) groups is 1. The number of amides is 1. The van der Waals surface area contributed by atoms with E-state index in [9.17, 15) is 19.5 Å². The summed E-state index contributed by atoms with van der Waals surface area (Å²) < 4.78 is 0. The van der Waals surface area contributed by atoms with Crippen LogP contribution in [0.3, 0.4) is 0 Å². The summed E-state index contributed by atoms with van der Waals surface area (Å²) in [4.78, 5) is 41.9. The molecule has 0 spiro atoms. The number of nitrogens with zero attached hydrogens (tertiary/aromatic N) is 1. The maximum Gasteiger partial charge on any atom is 0.259 e. The number of aromatic amines is 1. The van der Waals surface area contributed by atoms with Gasteiger partial charge in [0.2, 0.25) is 5.91 Å². The normalized spacial score (nSPS) is 10.7. The molecule has 0 saturated heterocycles. The van der Waals surface area contributed by atoms with Crippen LogP contribution in [-0.2, 0) is 4.79 Å². The van der Waals surface area contributed by atoms with Gasteiger partial charge in [0.15, 0.2) is 5.16 Å². The predicted octanol–water partition coefficient (Wildman–Crippen LogP) is 1.67. The Balaban J connectivity index is 1.69. The van der Waals surface area contributed by atoms with Gasteiger partial charge in [0, 0.05) is 16.3 Å². The number of aromatic carboxylic acids is 1. The van der Waals surface area contributed by atoms with Crippen molar-refractivity contribution in [1.82, 2.24) is 9.97 Å². The second kappa shape index (κ2) is 7.59. The number of nitrogens with one attached hydrogen (secondary N) is 2. The highest BCUT2D eigenvalue weighted by Crippen LogP contribution is 2.21. The third-order valence-corrected chi connectivity index (χ3v) is 4.60. The van der Waals surface area contributed by atoms with E-state index < -0.39 is 11.9 Å². The largest absolute Gasteiger partial charge is 0.545 e. The summed E-state index contributed by atoms with van der Waals surface area (Å²) in [7, 11) is 0. The van der Waals surface area contributed by atoms with Crippen molar-refractivity contribution in [3.63, 3.8) is 0 Å². The van der Waals surface area contributed by atoms with Crippen molar-refractivity contribution >= 4 is 51.8 Å². The van der Waals surface area contributed by atoms with Crippen LogP contribution in [0.2, 0.25) is 5.02 Å². The third kappa shape index (κ3) is 4.04. The van der Waals surface area contributed by atoms with Crippen molar-refractivity contribution in [2.75, 3.05) is 11.1 Å². The molecule has 0 fully saturated rings. The number of rotatable bonds is 5. The number of hydrogen-bond acceptors (Lipinski definition) is 6. The molecule has 0 radical (unpaired) electrons. The lowest BCUT2D eigenvalue weighted by Gasteiger charge is -2.09. The fourth-order valence-electron chi connectivity index (χ4n) is 2.22. The predicted molar refractivity (Wildman–Crippen MR) is 97.5 cm³/mol. The van der Waals surface area contributed by atoms with Crippen LogP contribution in [-0.4, -0.2) is 27.6 Å². The van der Waals surface area contributed by atoms with Gasteiger partial charge in [0.05, 0.1) is 22.6 Å². The summed E-state index contributed by atoms with van der Waals surface area (Å²) in [5.41, 5.74) is 0.321. The summed E-state index contributed by atoms with van der Waals surface area (Å²) in [6, 6.07) is 10.9. The van der Waals surface area contributed by atoms with Crippen molar-refractivity contribution in [2.45, 2.75) is 5.16 Å². The fourth-order valence-corrected chi connectivity index (χ4v) is 3.09. The number of H-pyrrole nitrogens is 1. The molecular weight excluding hydrogens is 378 g/mol. The number of para-hydroxylation sites is 1. The molecule has 0 bridgehead atoms. The molecule has 26 heavy (non-hydrogen) atoms. The van der Waals surface area contributed by atoms with E-state index in [1.807, 2.05) is 0 Å². The number of carboxylic acids is 1. The van der Waals surface area contributed by atoms with Crippen molar-refractivity contribution < 1.29 is 14.7 Å².